The van der Waals surface area contributed by atoms with Gasteiger partial charge in [0.1, 0.15) is 0 Å². The van der Waals surface area contributed by atoms with E-state index in [0.717, 1.165) is 17.3 Å². The van der Waals surface area contributed by atoms with Crippen LogP contribution < -0.4 is 0 Å². The summed E-state index contributed by atoms with van der Waals surface area (Å²) in [6, 6.07) is 5.62. The lowest BCUT2D eigenvalue weighted by atomic mass is 9.94. The number of hydrogen-bond acceptors (Lipinski definition) is 1. The van der Waals surface area contributed by atoms with E-state index in [1.165, 1.54) is 12.8 Å². The lowest BCUT2D eigenvalue weighted by molar-refractivity contribution is 0.0705. The van der Waals surface area contributed by atoms with Crippen LogP contribution in [0.25, 0.3) is 0 Å². The van der Waals surface area contributed by atoms with Crippen molar-refractivity contribution < 1.29 is 4.79 Å². The normalized spacial score (nSPS) is 23.2. The van der Waals surface area contributed by atoms with Crippen LogP contribution in [-0.4, -0.2) is 28.7 Å². The van der Waals surface area contributed by atoms with Crippen molar-refractivity contribution in [2.75, 3.05) is 7.05 Å². The standard InChI is InChI=1S/C14H16Br2ClNO/c1-18(13-5-3-2-4-11(13)16)14(19)10-8-9(15)6-7-12(10)17/h6-8,11,13H,2-5H2,1H3. The van der Waals surface area contributed by atoms with Gasteiger partial charge in [0.25, 0.3) is 5.91 Å². The second-order valence-corrected chi connectivity index (χ2v) is 7.41. The summed E-state index contributed by atoms with van der Waals surface area (Å²) in [5.41, 5.74) is 0.559. The smallest absolute Gasteiger partial charge is 0.255 e. The van der Waals surface area contributed by atoms with Crippen molar-refractivity contribution in [2.45, 2.75) is 36.6 Å². The minimum atomic E-state index is -0.0114. The third-order valence-corrected chi connectivity index (χ3v) is 5.51. The highest BCUT2D eigenvalue weighted by Gasteiger charge is 2.30. The van der Waals surface area contributed by atoms with Crippen molar-refractivity contribution >= 4 is 49.4 Å². The molecule has 1 aliphatic carbocycles. The van der Waals surface area contributed by atoms with Crippen LogP contribution in [0.2, 0.25) is 5.02 Å². The number of nitrogens with zero attached hydrogens (tertiary/aromatic N) is 1. The Morgan fingerprint density at radius 3 is 2.74 bits per heavy atom. The van der Waals surface area contributed by atoms with Crippen LogP contribution in [-0.2, 0) is 0 Å². The van der Waals surface area contributed by atoms with Crippen molar-refractivity contribution in [3.63, 3.8) is 0 Å². The second kappa shape index (κ2) is 6.59. The average molecular weight is 410 g/mol. The zero-order chi connectivity index (χ0) is 14.0. The summed E-state index contributed by atoms with van der Waals surface area (Å²) >= 11 is 13.2. The van der Waals surface area contributed by atoms with E-state index in [-0.39, 0.29) is 11.9 Å². The number of hydrogen-bond donors (Lipinski definition) is 0. The Labute approximate surface area is 135 Å². The molecule has 0 heterocycles. The Morgan fingerprint density at radius 2 is 2.05 bits per heavy atom. The maximum atomic E-state index is 12.6. The fourth-order valence-electron chi connectivity index (χ4n) is 2.50. The minimum absolute atomic E-state index is 0.0114. The van der Waals surface area contributed by atoms with E-state index in [1.54, 1.807) is 12.1 Å². The highest BCUT2D eigenvalue weighted by atomic mass is 79.9. The molecule has 0 aromatic heterocycles. The number of rotatable bonds is 2. The summed E-state index contributed by atoms with van der Waals surface area (Å²) in [6.07, 6.45) is 4.57. The van der Waals surface area contributed by atoms with Gasteiger partial charge >= 0.3 is 0 Å². The molecule has 1 aromatic rings. The number of amides is 1. The third-order valence-electron chi connectivity index (χ3n) is 3.62. The van der Waals surface area contributed by atoms with Gasteiger partial charge in [-0.05, 0) is 31.0 Å². The molecule has 0 radical (unpaired) electrons. The van der Waals surface area contributed by atoms with Gasteiger partial charge in [-0.3, -0.25) is 4.79 Å². The fraction of sp³-hybridized carbons (Fsp3) is 0.500. The van der Waals surface area contributed by atoms with Crippen LogP contribution in [0.15, 0.2) is 22.7 Å². The van der Waals surface area contributed by atoms with Crippen LogP contribution >= 0.6 is 43.5 Å². The van der Waals surface area contributed by atoms with Gasteiger partial charge in [-0.15, -0.1) is 0 Å². The van der Waals surface area contributed by atoms with E-state index >= 15 is 0 Å². The van der Waals surface area contributed by atoms with Crippen LogP contribution in [0, 0.1) is 0 Å². The second-order valence-electron chi connectivity index (χ2n) is 4.91. The number of carbonyl (C=O) groups is 1. The van der Waals surface area contributed by atoms with Gasteiger partial charge in [0, 0.05) is 22.4 Å². The molecule has 1 saturated carbocycles. The SMILES string of the molecule is CN(C(=O)c1cc(Br)ccc1Cl)C1CCCCC1Br. The summed E-state index contributed by atoms with van der Waals surface area (Å²) < 4.78 is 0.868. The molecule has 1 fully saturated rings. The van der Waals surface area contributed by atoms with Crippen LogP contribution in [0.3, 0.4) is 0 Å². The van der Waals surface area contributed by atoms with Crippen molar-refractivity contribution in [3.05, 3.63) is 33.3 Å². The summed E-state index contributed by atoms with van der Waals surface area (Å²) in [4.78, 5) is 14.8. The monoisotopic (exact) mass is 407 g/mol. The predicted molar refractivity (Wildman–Crippen MR) is 86.2 cm³/mol. The van der Waals surface area contributed by atoms with Crippen LogP contribution in [0.1, 0.15) is 36.0 Å². The molecule has 19 heavy (non-hydrogen) atoms. The molecule has 1 amide bonds. The maximum Gasteiger partial charge on any atom is 0.255 e. The van der Waals surface area contributed by atoms with E-state index in [0.29, 0.717) is 15.4 Å². The molecule has 0 saturated heterocycles. The molecule has 2 rings (SSSR count). The Kier molecular flexibility index (Phi) is 5.32. The van der Waals surface area contributed by atoms with E-state index in [2.05, 4.69) is 31.9 Å². The number of alkyl halides is 1. The topological polar surface area (TPSA) is 20.3 Å². The first-order valence-corrected chi connectivity index (χ1v) is 8.45. The molecule has 104 valence electrons. The number of benzene rings is 1. The largest absolute Gasteiger partial charge is 0.338 e. The van der Waals surface area contributed by atoms with E-state index in [1.807, 2.05) is 18.0 Å². The van der Waals surface area contributed by atoms with Gasteiger partial charge in [0.05, 0.1) is 10.6 Å². The van der Waals surface area contributed by atoms with Crippen LogP contribution in [0.5, 0.6) is 0 Å². The van der Waals surface area contributed by atoms with E-state index < -0.39 is 0 Å². The zero-order valence-electron chi connectivity index (χ0n) is 10.7. The van der Waals surface area contributed by atoms with Crippen molar-refractivity contribution in [1.82, 2.24) is 4.90 Å². The van der Waals surface area contributed by atoms with Gasteiger partial charge < -0.3 is 4.90 Å². The molecular weight excluding hydrogens is 393 g/mol. The lowest BCUT2D eigenvalue weighted by Crippen LogP contribution is -2.44. The fourth-order valence-corrected chi connectivity index (χ4v) is 4.01. The summed E-state index contributed by atoms with van der Waals surface area (Å²) in [5, 5.41) is 0.502. The van der Waals surface area contributed by atoms with E-state index in [9.17, 15) is 4.79 Å². The van der Waals surface area contributed by atoms with Gasteiger partial charge in [0.15, 0.2) is 0 Å². The Morgan fingerprint density at radius 1 is 1.37 bits per heavy atom. The molecule has 2 nitrogen and oxygen atoms in total. The molecule has 0 aliphatic heterocycles. The molecule has 2 atom stereocenters. The summed E-state index contributed by atoms with van der Waals surface area (Å²) in [6.45, 7) is 0. The molecule has 1 aliphatic rings. The quantitative estimate of drug-likeness (QED) is 0.638. The van der Waals surface area contributed by atoms with Crippen molar-refractivity contribution in [3.8, 4) is 0 Å². The number of carbonyl (C=O) groups excluding carboxylic acids is 1. The molecule has 0 spiro atoms. The molecule has 1 aromatic carbocycles. The van der Waals surface area contributed by atoms with Gasteiger partial charge in [-0.1, -0.05) is 56.3 Å². The molecule has 0 N–H and O–H groups in total. The number of halogens is 3. The van der Waals surface area contributed by atoms with Gasteiger partial charge in [-0.2, -0.15) is 0 Å². The zero-order valence-corrected chi connectivity index (χ0v) is 14.6. The first kappa shape index (κ1) is 15.3. The first-order chi connectivity index (χ1) is 9.00. The lowest BCUT2D eigenvalue weighted by Gasteiger charge is -2.35. The molecule has 2 unspecified atom stereocenters. The van der Waals surface area contributed by atoms with Gasteiger partial charge in [0.2, 0.25) is 0 Å². The highest BCUT2D eigenvalue weighted by molar-refractivity contribution is 9.10. The maximum absolute atomic E-state index is 12.6. The van der Waals surface area contributed by atoms with Crippen molar-refractivity contribution in [1.29, 1.82) is 0 Å². The Hall–Kier alpha value is -0.0600. The average Bonchev–Trinajstić information content (AvgIpc) is 2.40. The van der Waals surface area contributed by atoms with Gasteiger partial charge in [-0.25, -0.2) is 0 Å². The van der Waals surface area contributed by atoms with Crippen LogP contribution in [0.4, 0.5) is 0 Å². The first-order valence-electron chi connectivity index (χ1n) is 6.37. The van der Waals surface area contributed by atoms with Crippen molar-refractivity contribution in [2.24, 2.45) is 0 Å². The Balaban J connectivity index is 2.20. The molecule has 5 heteroatoms. The molecule has 0 bridgehead atoms. The third kappa shape index (κ3) is 3.53. The highest BCUT2D eigenvalue weighted by Crippen LogP contribution is 2.30. The van der Waals surface area contributed by atoms with E-state index in [4.69, 9.17) is 11.6 Å². The molecular formula is C14H16Br2ClNO. The minimum Gasteiger partial charge on any atom is -0.338 e. The Bertz CT molecular complexity index is 481. The summed E-state index contributed by atoms with van der Waals surface area (Å²) in [7, 11) is 1.86. The summed E-state index contributed by atoms with van der Waals surface area (Å²) in [5.74, 6) is -0.0114. The predicted octanol–water partition coefficient (Wildman–Crippen LogP) is 4.88.